The lowest BCUT2D eigenvalue weighted by molar-refractivity contribution is -0.107. The number of phenolic OH excluding ortho intramolecular Hbond substituents is 3. The molecule has 6 nitrogen and oxygen atoms in total. The molecule has 0 aliphatic heterocycles. The van der Waals surface area contributed by atoms with E-state index in [1.807, 2.05) is 36.4 Å². The van der Waals surface area contributed by atoms with Gasteiger partial charge < -0.3 is 29.5 Å². The topological polar surface area (TPSA) is 88.4 Å². The van der Waals surface area contributed by atoms with Crippen molar-refractivity contribution < 1.29 is 29.5 Å². The maximum Gasteiger partial charge on any atom is 0.150 e. The molecule has 528 valence electrons. The Hall–Kier alpha value is -7.44. The van der Waals surface area contributed by atoms with Gasteiger partial charge in [-0.2, -0.15) is 0 Å². The summed E-state index contributed by atoms with van der Waals surface area (Å²) in [6.45, 7) is 26.6. The molecule has 16 rings (SSSR count). The smallest absolute Gasteiger partial charge is 0.150 e. The average molecular weight is 1330 g/mol. The molecule has 0 spiro atoms. The van der Waals surface area contributed by atoms with E-state index in [1.54, 1.807) is 36.4 Å². The van der Waals surface area contributed by atoms with Gasteiger partial charge in [-0.3, -0.25) is 0 Å². The van der Waals surface area contributed by atoms with Gasteiger partial charge in [-0.05, 0) is 297 Å². The number of benzene rings is 8. The van der Waals surface area contributed by atoms with Crippen LogP contribution < -0.4 is 14.2 Å². The summed E-state index contributed by atoms with van der Waals surface area (Å²) >= 11 is 0. The molecule has 3 N–H and O–H groups in total. The highest BCUT2D eigenvalue weighted by Crippen LogP contribution is 2.60. The van der Waals surface area contributed by atoms with Crippen molar-refractivity contribution >= 4 is 0 Å². The number of ether oxygens (including phenoxy) is 3. The third kappa shape index (κ3) is 19.2. The fourth-order valence-electron chi connectivity index (χ4n) is 17.5. The summed E-state index contributed by atoms with van der Waals surface area (Å²) in [4.78, 5) is 0. The molecular formula is C93H120O6. The van der Waals surface area contributed by atoms with E-state index in [4.69, 9.17) is 29.5 Å². The predicted octanol–water partition coefficient (Wildman–Crippen LogP) is 26.0. The Morgan fingerprint density at radius 2 is 0.657 bits per heavy atom. The second-order valence-electron chi connectivity index (χ2n) is 31.0. The van der Waals surface area contributed by atoms with Crippen molar-refractivity contribution in [2.75, 3.05) is 0 Å². The van der Waals surface area contributed by atoms with E-state index in [0.717, 1.165) is 84.4 Å². The van der Waals surface area contributed by atoms with Gasteiger partial charge in [0.25, 0.3) is 0 Å². The quantitative estimate of drug-likeness (QED) is 0.0793. The Bertz CT molecular complexity index is 3480. The number of hydrogen-bond acceptors (Lipinski definition) is 6. The van der Waals surface area contributed by atoms with Crippen LogP contribution in [-0.4, -0.2) is 27.0 Å². The largest absolute Gasteiger partial charge is 0.508 e. The lowest BCUT2D eigenvalue weighted by atomic mass is 9.54. The van der Waals surface area contributed by atoms with Gasteiger partial charge in [-0.1, -0.05) is 211 Å². The minimum absolute atomic E-state index is 0.0214. The summed E-state index contributed by atoms with van der Waals surface area (Å²) in [5.74, 6) is 14.6. The summed E-state index contributed by atoms with van der Waals surface area (Å²) in [7, 11) is 0. The molecule has 11 atom stereocenters. The van der Waals surface area contributed by atoms with E-state index in [1.165, 1.54) is 139 Å². The fraction of sp³-hybridized carbons (Fsp3) is 0.484. The van der Waals surface area contributed by atoms with E-state index in [2.05, 4.69) is 204 Å². The zero-order valence-corrected chi connectivity index (χ0v) is 62.2. The Labute approximate surface area is 597 Å². The Balaban J connectivity index is 0.000000133. The van der Waals surface area contributed by atoms with E-state index in [9.17, 15) is 0 Å². The van der Waals surface area contributed by atoms with Gasteiger partial charge in [0, 0.05) is 11.1 Å². The first-order valence-corrected chi connectivity index (χ1v) is 38.8. The highest BCUT2D eigenvalue weighted by Gasteiger charge is 2.55. The lowest BCUT2D eigenvalue weighted by Gasteiger charge is -2.56. The van der Waals surface area contributed by atoms with Crippen LogP contribution in [0.5, 0.6) is 34.5 Å². The van der Waals surface area contributed by atoms with Gasteiger partial charge in [0.2, 0.25) is 0 Å². The lowest BCUT2D eigenvalue weighted by Crippen LogP contribution is -2.53. The molecule has 0 amide bonds. The average Bonchev–Trinajstić information content (AvgIpc) is 1.74. The van der Waals surface area contributed by atoms with Crippen LogP contribution in [0.25, 0.3) is 11.1 Å². The van der Waals surface area contributed by atoms with Crippen molar-refractivity contribution in [3.8, 4) is 45.6 Å². The molecule has 8 aromatic carbocycles. The third-order valence-electron chi connectivity index (χ3n) is 24.4. The Morgan fingerprint density at radius 3 is 1.01 bits per heavy atom. The van der Waals surface area contributed by atoms with Crippen LogP contribution in [0.3, 0.4) is 0 Å². The first kappa shape index (κ1) is 74.3. The molecule has 8 aromatic rings. The Morgan fingerprint density at radius 1 is 0.343 bits per heavy atom. The van der Waals surface area contributed by atoms with Crippen LogP contribution in [0.1, 0.15) is 278 Å². The van der Waals surface area contributed by atoms with E-state index < -0.39 is 0 Å². The zero-order chi connectivity index (χ0) is 70.2. The van der Waals surface area contributed by atoms with Gasteiger partial charge in [0.05, 0.1) is 0 Å². The SMILES string of the molecule is CCC(C)c1ccc(O)cc1.CCC(C)c1ccc(O)cc1.CCC(C)c1ccc(O)cc1.CCC(C)c1ccc(OC23CC4CC(CC(C4)C2)C3)cc1.CCC(C)c1ccc(OC2CC3CC2C2CCCC32)cc1.CCC(C)c1ccc(OC2c3ccccc3-c3ccccc32)cc1. The van der Waals surface area contributed by atoms with Crippen molar-refractivity contribution in [1.29, 1.82) is 0 Å². The number of fused-ring (bicyclic) bond motifs is 8. The molecule has 0 radical (unpaired) electrons. The molecule has 7 fully saturated rings. The van der Waals surface area contributed by atoms with Gasteiger partial charge >= 0.3 is 0 Å². The van der Waals surface area contributed by atoms with Crippen LogP contribution >= 0.6 is 0 Å². The van der Waals surface area contributed by atoms with Crippen molar-refractivity contribution in [1.82, 2.24) is 0 Å². The highest BCUT2D eigenvalue weighted by atomic mass is 16.5. The van der Waals surface area contributed by atoms with Crippen molar-refractivity contribution in [3.63, 3.8) is 0 Å². The summed E-state index contributed by atoms with van der Waals surface area (Å²) in [5, 5.41) is 27.0. The number of aromatic hydroxyl groups is 3. The first-order chi connectivity index (χ1) is 47.9. The van der Waals surface area contributed by atoms with Crippen LogP contribution in [0.15, 0.2) is 194 Å². The molecule has 0 saturated heterocycles. The molecule has 11 unspecified atom stereocenters. The van der Waals surface area contributed by atoms with Crippen molar-refractivity contribution in [2.24, 2.45) is 41.4 Å². The van der Waals surface area contributed by atoms with E-state index in [-0.39, 0.29) is 11.7 Å². The second kappa shape index (κ2) is 35.2. The minimum Gasteiger partial charge on any atom is -0.508 e. The number of phenols is 3. The number of hydrogen-bond donors (Lipinski definition) is 3. The summed E-state index contributed by atoms with van der Waals surface area (Å²) in [6, 6.07) is 65.8. The molecule has 0 aromatic heterocycles. The molecule has 7 saturated carbocycles. The third-order valence-corrected chi connectivity index (χ3v) is 24.4. The van der Waals surface area contributed by atoms with E-state index in [0.29, 0.717) is 58.9 Å². The zero-order valence-electron chi connectivity index (χ0n) is 62.2. The summed E-state index contributed by atoms with van der Waals surface area (Å²) < 4.78 is 19.4. The molecule has 8 aliphatic rings. The van der Waals surface area contributed by atoms with Gasteiger partial charge in [-0.15, -0.1) is 0 Å². The van der Waals surface area contributed by atoms with Crippen LogP contribution in [-0.2, 0) is 0 Å². The van der Waals surface area contributed by atoms with Crippen LogP contribution in [0.4, 0.5) is 0 Å². The van der Waals surface area contributed by atoms with Gasteiger partial charge in [0.15, 0.2) is 6.10 Å². The monoisotopic (exact) mass is 1330 g/mol. The normalized spacial score (nSPS) is 24.0. The van der Waals surface area contributed by atoms with Crippen LogP contribution in [0, 0.1) is 41.4 Å². The number of rotatable bonds is 18. The predicted molar refractivity (Wildman–Crippen MR) is 413 cm³/mol. The Kier molecular flexibility index (Phi) is 26.4. The first-order valence-electron chi connectivity index (χ1n) is 38.8. The standard InChI is InChI=1S/C23H22O.2C20H28O.3C10H14O/c1-3-16(2)17-12-14-18(15-13-17)24-23-21-10-6-4-8-19(21)20-9-5-7-11-22(20)23;1-3-14(2)18-4-6-19(7-5-18)21-20-11-15-8-16(12-20)10-17(9-15)13-20;1-3-13(2)14-7-9-16(10-8-14)21-20-12-15-11-19(20)18-6-4-5-17(15)18;3*1-3-8(2)9-4-6-10(11)7-5-9/h4-16,23H,3H2,1-2H3;4-7,14-17H,3,8-13H2,1-2H3;7-10,13,15,17-20H,3-6,11-12H2,1-2H3;3*4-8,11H,3H2,1-2H3. The van der Waals surface area contributed by atoms with Gasteiger partial charge in [-0.25, -0.2) is 0 Å². The second-order valence-corrected chi connectivity index (χ2v) is 31.0. The molecular weight excluding hydrogens is 1210 g/mol. The molecule has 0 heterocycles. The van der Waals surface area contributed by atoms with E-state index >= 15 is 0 Å². The molecule has 99 heavy (non-hydrogen) atoms. The summed E-state index contributed by atoms with van der Waals surface area (Å²) in [6.07, 6.45) is 23.1. The highest BCUT2D eigenvalue weighted by molar-refractivity contribution is 5.78. The molecule has 8 aliphatic carbocycles. The van der Waals surface area contributed by atoms with Gasteiger partial charge in [0.1, 0.15) is 46.2 Å². The maximum atomic E-state index is 9.01. The fourth-order valence-corrected chi connectivity index (χ4v) is 17.5. The van der Waals surface area contributed by atoms with Crippen LogP contribution in [0.2, 0.25) is 0 Å². The maximum absolute atomic E-state index is 9.01. The summed E-state index contributed by atoms with van der Waals surface area (Å²) in [5.41, 5.74) is 13.4. The van der Waals surface area contributed by atoms with Crippen molar-refractivity contribution in [2.45, 2.75) is 246 Å². The molecule has 6 bridgehead atoms. The van der Waals surface area contributed by atoms with Crippen molar-refractivity contribution in [3.05, 3.63) is 239 Å². The molecule has 6 heteroatoms. The minimum atomic E-state index is -0.0214.